The van der Waals surface area contributed by atoms with Gasteiger partial charge in [-0.2, -0.15) is 0 Å². The van der Waals surface area contributed by atoms with Gasteiger partial charge in [0, 0.05) is 24.2 Å². The summed E-state index contributed by atoms with van der Waals surface area (Å²) in [6.45, 7) is 0.564. The molecule has 0 radical (unpaired) electrons. The topological polar surface area (TPSA) is 118 Å². The molecule has 1 aliphatic carbocycles. The van der Waals surface area contributed by atoms with Gasteiger partial charge in [-0.1, -0.05) is 0 Å². The smallest absolute Gasteiger partial charge is 0.319 e. The molecule has 2 fully saturated rings. The average Bonchev–Trinajstić information content (AvgIpc) is 3.47. The molecule has 158 valence electrons. The highest BCUT2D eigenvalue weighted by atomic mass is 16.7. The maximum atomic E-state index is 12.4. The Morgan fingerprint density at radius 1 is 1.10 bits per heavy atom. The Kier molecular flexibility index (Phi) is 6.05. The Morgan fingerprint density at radius 3 is 2.72 bits per heavy atom. The minimum Gasteiger partial charge on any atom is -0.454 e. The van der Waals surface area contributed by atoms with E-state index in [1.54, 1.807) is 18.2 Å². The van der Waals surface area contributed by atoms with E-state index in [0.29, 0.717) is 36.6 Å². The molecule has 3 amide bonds. The third-order valence-corrected chi connectivity index (χ3v) is 5.46. The second-order valence-electron chi connectivity index (χ2n) is 7.68. The number of urea groups is 1. The summed E-state index contributed by atoms with van der Waals surface area (Å²) in [5.74, 6) is 1.56. The summed E-state index contributed by atoms with van der Waals surface area (Å²) in [5, 5.41) is 18.3. The molecule has 2 aliphatic heterocycles. The van der Waals surface area contributed by atoms with Gasteiger partial charge in [-0.15, -0.1) is 0 Å². The molecule has 3 atom stereocenters. The summed E-state index contributed by atoms with van der Waals surface area (Å²) in [5.41, 5.74) is 0.591. The summed E-state index contributed by atoms with van der Waals surface area (Å²) < 4.78 is 16.5. The predicted octanol–water partition coefficient (Wildman–Crippen LogP) is 1.36. The standard InChI is InChI=1S/C20H27N3O6/c24-10-18-15(5-4-14(29-18)7-8-21-19(25)12-1-2-12)23-20(26)22-13-3-6-16-17(9-13)28-11-27-16/h3,6,9,12,14-15,18,24H,1-2,4-5,7-8,10-11H2,(H,21,25)(H2,22,23,26)/t14-,15-,18-/m1/s1. The molecule has 1 saturated carbocycles. The molecule has 0 aromatic heterocycles. The van der Waals surface area contributed by atoms with E-state index < -0.39 is 6.10 Å². The van der Waals surface area contributed by atoms with Gasteiger partial charge in [0.2, 0.25) is 12.7 Å². The SMILES string of the molecule is O=C(Nc1ccc2c(c1)OCO2)N[C@@H]1CC[C@H](CCNC(=O)C2CC2)O[C@@H]1CO. The number of carbonyl (C=O) groups is 2. The number of ether oxygens (including phenoxy) is 3. The predicted molar refractivity (Wildman–Crippen MR) is 104 cm³/mol. The van der Waals surface area contributed by atoms with Crippen molar-refractivity contribution in [2.75, 3.05) is 25.3 Å². The van der Waals surface area contributed by atoms with Gasteiger partial charge >= 0.3 is 6.03 Å². The number of hydrogen-bond acceptors (Lipinski definition) is 6. The molecule has 2 heterocycles. The lowest BCUT2D eigenvalue weighted by atomic mass is 9.97. The van der Waals surface area contributed by atoms with Gasteiger partial charge in [-0.3, -0.25) is 4.79 Å². The number of benzene rings is 1. The highest BCUT2D eigenvalue weighted by Gasteiger charge is 2.33. The molecule has 4 N–H and O–H groups in total. The van der Waals surface area contributed by atoms with Gasteiger partial charge < -0.3 is 35.3 Å². The fourth-order valence-electron chi connectivity index (χ4n) is 3.67. The molecule has 0 spiro atoms. The first-order valence-corrected chi connectivity index (χ1v) is 10.1. The first-order valence-electron chi connectivity index (χ1n) is 10.1. The van der Waals surface area contributed by atoms with Crippen LogP contribution in [0.15, 0.2) is 18.2 Å². The molecule has 3 aliphatic rings. The Bertz CT molecular complexity index is 754. The van der Waals surface area contributed by atoms with Crippen LogP contribution in [-0.2, 0) is 9.53 Å². The van der Waals surface area contributed by atoms with Gasteiger partial charge in [0.1, 0.15) is 6.10 Å². The lowest BCUT2D eigenvalue weighted by molar-refractivity contribution is -0.122. The highest BCUT2D eigenvalue weighted by Crippen LogP contribution is 2.34. The van der Waals surface area contributed by atoms with Crippen LogP contribution in [-0.4, -0.2) is 55.2 Å². The zero-order chi connectivity index (χ0) is 20.2. The number of hydrogen-bond donors (Lipinski definition) is 4. The highest BCUT2D eigenvalue weighted by molar-refractivity contribution is 5.90. The third-order valence-electron chi connectivity index (χ3n) is 5.46. The van der Waals surface area contributed by atoms with Crippen LogP contribution in [0.2, 0.25) is 0 Å². The summed E-state index contributed by atoms with van der Waals surface area (Å²) in [4.78, 5) is 24.1. The number of amides is 3. The molecule has 9 heteroatoms. The van der Waals surface area contributed by atoms with E-state index >= 15 is 0 Å². The monoisotopic (exact) mass is 405 g/mol. The van der Waals surface area contributed by atoms with Crippen LogP contribution in [0.1, 0.15) is 32.1 Å². The van der Waals surface area contributed by atoms with E-state index in [1.807, 2.05) is 0 Å². The molecular formula is C20H27N3O6. The van der Waals surface area contributed by atoms with Crippen molar-refractivity contribution >= 4 is 17.6 Å². The summed E-state index contributed by atoms with van der Waals surface area (Å²) in [7, 11) is 0. The number of aliphatic hydroxyl groups is 1. The number of anilines is 1. The van der Waals surface area contributed by atoms with E-state index in [9.17, 15) is 14.7 Å². The zero-order valence-electron chi connectivity index (χ0n) is 16.2. The quantitative estimate of drug-likeness (QED) is 0.544. The Morgan fingerprint density at radius 2 is 1.93 bits per heavy atom. The number of nitrogens with one attached hydrogen (secondary N) is 3. The molecule has 1 saturated heterocycles. The first-order chi connectivity index (χ1) is 14.1. The van der Waals surface area contributed by atoms with Crippen molar-refractivity contribution in [3.05, 3.63) is 18.2 Å². The number of carbonyl (C=O) groups excluding carboxylic acids is 2. The molecular weight excluding hydrogens is 378 g/mol. The van der Waals surface area contributed by atoms with Crippen LogP contribution >= 0.6 is 0 Å². The van der Waals surface area contributed by atoms with Gasteiger partial charge in [-0.05, 0) is 44.2 Å². The Balaban J connectivity index is 1.22. The van der Waals surface area contributed by atoms with Crippen molar-refractivity contribution < 1.29 is 28.9 Å². The maximum absolute atomic E-state index is 12.4. The van der Waals surface area contributed by atoms with Gasteiger partial charge in [-0.25, -0.2) is 4.79 Å². The second-order valence-corrected chi connectivity index (χ2v) is 7.68. The molecule has 1 aromatic carbocycles. The van der Waals surface area contributed by atoms with Crippen molar-refractivity contribution in [2.24, 2.45) is 5.92 Å². The van der Waals surface area contributed by atoms with Gasteiger partial charge in [0.05, 0.1) is 18.8 Å². The van der Waals surface area contributed by atoms with Crippen LogP contribution in [0.3, 0.4) is 0 Å². The minimum atomic E-state index is -0.476. The second kappa shape index (κ2) is 8.87. The third kappa shape index (κ3) is 5.10. The summed E-state index contributed by atoms with van der Waals surface area (Å²) >= 11 is 0. The lowest BCUT2D eigenvalue weighted by Crippen LogP contribution is -2.52. The molecule has 4 rings (SSSR count). The summed E-state index contributed by atoms with van der Waals surface area (Å²) in [6, 6.07) is 4.52. The van der Waals surface area contributed by atoms with Gasteiger partial charge in [0.25, 0.3) is 0 Å². The van der Waals surface area contributed by atoms with E-state index in [4.69, 9.17) is 14.2 Å². The first kappa shape index (κ1) is 19.8. The Labute approximate surface area is 169 Å². The molecule has 29 heavy (non-hydrogen) atoms. The summed E-state index contributed by atoms with van der Waals surface area (Å²) in [6.07, 6.45) is 3.61. The molecule has 1 aromatic rings. The van der Waals surface area contributed by atoms with E-state index in [1.165, 1.54) is 0 Å². The fraction of sp³-hybridized carbons (Fsp3) is 0.600. The number of aliphatic hydroxyl groups excluding tert-OH is 1. The largest absolute Gasteiger partial charge is 0.454 e. The molecule has 9 nitrogen and oxygen atoms in total. The van der Waals surface area contributed by atoms with E-state index in [0.717, 1.165) is 19.3 Å². The zero-order valence-corrected chi connectivity index (χ0v) is 16.2. The average molecular weight is 405 g/mol. The fourth-order valence-corrected chi connectivity index (χ4v) is 3.67. The lowest BCUT2D eigenvalue weighted by Gasteiger charge is -2.36. The molecule has 0 unspecified atom stereocenters. The normalized spacial score (nSPS) is 25.3. The van der Waals surface area contributed by atoms with Crippen LogP contribution in [0.5, 0.6) is 11.5 Å². The van der Waals surface area contributed by atoms with Crippen LogP contribution in [0.4, 0.5) is 10.5 Å². The maximum Gasteiger partial charge on any atom is 0.319 e. The Hall–Kier alpha value is -2.52. The van der Waals surface area contributed by atoms with Crippen molar-refractivity contribution in [1.82, 2.24) is 10.6 Å². The van der Waals surface area contributed by atoms with Crippen molar-refractivity contribution in [1.29, 1.82) is 0 Å². The van der Waals surface area contributed by atoms with E-state index in [2.05, 4.69) is 16.0 Å². The number of fused-ring (bicyclic) bond motifs is 1. The van der Waals surface area contributed by atoms with Crippen molar-refractivity contribution in [3.8, 4) is 11.5 Å². The van der Waals surface area contributed by atoms with Crippen LogP contribution in [0.25, 0.3) is 0 Å². The molecule has 0 bridgehead atoms. The van der Waals surface area contributed by atoms with E-state index in [-0.39, 0.29) is 43.4 Å². The minimum absolute atomic E-state index is 0.0402. The van der Waals surface area contributed by atoms with Crippen LogP contribution in [0, 0.1) is 5.92 Å². The van der Waals surface area contributed by atoms with Gasteiger partial charge in [0.15, 0.2) is 11.5 Å². The van der Waals surface area contributed by atoms with Crippen molar-refractivity contribution in [2.45, 2.75) is 50.4 Å². The number of rotatable bonds is 7. The van der Waals surface area contributed by atoms with Crippen molar-refractivity contribution in [3.63, 3.8) is 0 Å². The van der Waals surface area contributed by atoms with Crippen LogP contribution < -0.4 is 25.4 Å².